The second kappa shape index (κ2) is 21.8. The van der Waals surface area contributed by atoms with E-state index in [2.05, 4.69) is 49.4 Å². The molecule has 71 heavy (non-hydrogen) atoms. The summed E-state index contributed by atoms with van der Waals surface area (Å²) in [5.74, 6) is 0.0664. The van der Waals surface area contributed by atoms with Gasteiger partial charge in [-0.2, -0.15) is 0 Å². The van der Waals surface area contributed by atoms with Crippen LogP contribution in [-0.2, 0) is 27.2 Å². The minimum absolute atomic E-state index is 0.168. The maximum Gasteiger partial charge on any atom is 0.341 e. The summed E-state index contributed by atoms with van der Waals surface area (Å²) in [5.41, 5.74) is 16.5. The number of phenols is 3. The van der Waals surface area contributed by atoms with Crippen LogP contribution in [0.15, 0.2) is 103 Å². The highest BCUT2D eigenvalue weighted by Gasteiger charge is 2.29. The third kappa shape index (κ3) is 11.4. The van der Waals surface area contributed by atoms with Gasteiger partial charge in [0, 0.05) is 35.8 Å². The van der Waals surface area contributed by atoms with Gasteiger partial charge in [-0.1, -0.05) is 83.9 Å². The number of carbonyl (C=O) groups excluding carboxylic acids is 2. The number of aliphatic carboxylic acids is 1. The lowest BCUT2D eigenvalue weighted by molar-refractivity contribution is -0.139. The number of carboxylic acid groups (broad SMARTS) is 1. The van der Waals surface area contributed by atoms with Crippen molar-refractivity contribution in [3.8, 4) is 34.5 Å². The SMILES string of the molecule is Cc1cc(Cc2ccc(OCC=O)c(C(c3cc(C)c(O)cc3C)c3cc(C)c(O)cc3C)c2)c(OCC=O)c(Cc2ccc(OCC(=O)O)c(C(c3cc(C)ccc3C)c3cc(C)c(O)cc3C)c2)c1. The number of hydrogen-bond donors (Lipinski definition) is 4. The van der Waals surface area contributed by atoms with Gasteiger partial charge in [-0.05, 0) is 176 Å². The summed E-state index contributed by atoms with van der Waals surface area (Å²) in [6, 6.07) is 33.3. The van der Waals surface area contributed by atoms with Gasteiger partial charge in [-0.25, -0.2) is 4.79 Å². The second-order valence-corrected chi connectivity index (χ2v) is 18.9. The fourth-order valence-electron chi connectivity index (χ4n) is 9.81. The largest absolute Gasteiger partial charge is 0.508 e. The van der Waals surface area contributed by atoms with Gasteiger partial charge in [-0.15, -0.1) is 0 Å². The van der Waals surface area contributed by atoms with E-state index in [1.165, 1.54) is 0 Å². The van der Waals surface area contributed by atoms with Crippen LogP contribution < -0.4 is 14.2 Å². The van der Waals surface area contributed by atoms with Gasteiger partial charge in [0.2, 0.25) is 0 Å². The van der Waals surface area contributed by atoms with E-state index in [0.29, 0.717) is 53.1 Å². The van der Waals surface area contributed by atoms with Crippen molar-refractivity contribution in [2.75, 3.05) is 19.8 Å². The molecule has 4 N–H and O–H groups in total. The van der Waals surface area contributed by atoms with E-state index >= 15 is 0 Å². The number of aryl methyl sites for hydroxylation is 9. The summed E-state index contributed by atoms with van der Waals surface area (Å²) in [5, 5.41) is 42.0. The summed E-state index contributed by atoms with van der Waals surface area (Å²) in [6.07, 6.45) is 2.21. The van der Waals surface area contributed by atoms with Crippen molar-refractivity contribution < 1.29 is 49.0 Å². The zero-order valence-corrected chi connectivity index (χ0v) is 41.9. The number of benzene rings is 7. The summed E-state index contributed by atoms with van der Waals surface area (Å²) in [4.78, 5) is 35.7. The van der Waals surface area contributed by atoms with Crippen molar-refractivity contribution in [1.29, 1.82) is 0 Å². The zero-order valence-electron chi connectivity index (χ0n) is 41.9. The Labute approximate surface area is 416 Å². The molecule has 0 heterocycles. The molecule has 0 aliphatic heterocycles. The van der Waals surface area contributed by atoms with Crippen LogP contribution in [0.4, 0.5) is 0 Å². The molecule has 1 unspecified atom stereocenters. The molecule has 366 valence electrons. The number of hydrogen-bond acceptors (Lipinski definition) is 9. The molecule has 0 bridgehead atoms. The highest BCUT2D eigenvalue weighted by atomic mass is 16.5. The van der Waals surface area contributed by atoms with E-state index < -0.39 is 24.4 Å². The molecule has 0 saturated carbocycles. The lowest BCUT2D eigenvalue weighted by atomic mass is 9.79. The van der Waals surface area contributed by atoms with Crippen molar-refractivity contribution in [3.05, 3.63) is 209 Å². The summed E-state index contributed by atoms with van der Waals surface area (Å²) < 4.78 is 18.6. The highest BCUT2D eigenvalue weighted by molar-refractivity contribution is 5.69. The van der Waals surface area contributed by atoms with E-state index in [1.54, 1.807) is 18.2 Å². The second-order valence-electron chi connectivity index (χ2n) is 18.9. The quantitative estimate of drug-likeness (QED) is 0.0454. The van der Waals surface area contributed by atoms with Crippen molar-refractivity contribution >= 4 is 18.5 Å². The first-order valence-electron chi connectivity index (χ1n) is 23.7. The van der Waals surface area contributed by atoms with E-state index in [-0.39, 0.29) is 30.5 Å². The Bertz CT molecular complexity index is 3110. The molecule has 10 nitrogen and oxygen atoms in total. The Morgan fingerprint density at radius 1 is 0.451 bits per heavy atom. The van der Waals surface area contributed by atoms with Crippen LogP contribution in [0.25, 0.3) is 0 Å². The molecular formula is C61H62O10. The fraction of sp³-hybridized carbons (Fsp3) is 0.262. The van der Waals surface area contributed by atoms with Crippen molar-refractivity contribution in [2.24, 2.45) is 0 Å². The maximum absolute atomic E-state index is 12.0. The van der Waals surface area contributed by atoms with Crippen LogP contribution in [-0.4, -0.2) is 58.8 Å². The molecule has 0 fully saturated rings. The number of aromatic hydroxyl groups is 3. The van der Waals surface area contributed by atoms with E-state index in [1.807, 2.05) is 97.9 Å². The lowest BCUT2D eigenvalue weighted by Crippen LogP contribution is -2.14. The molecule has 10 heteroatoms. The van der Waals surface area contributed by atoms with E-state index in [0.717, 1.165) is 95.3 Å². The minimum Gasteiger partial charge on any atom is -0.508 e. The summed E-state index contributed by atoms with van der Waals surface area (Å²) in [6.45, 7) is 16.6. The van der Waals surface area contributed by atoms with Gasteiger partial charge in [-0.3, -0.25) is 9.59 Å². The lowest BCUT2D eigenvalue weighted by Gasteiger charge is -2.27. The first-order chi connectivity index (χ1) is 33.9. The van der Waals surface area contributed by atoms with Gasteiger partial charge in [0.15, 0.2) is 19.2 Å². The molecule has 0 saturated heterocycles. The molecule has 7 aromatic rings. The Balaban J connectivity index is 1.39. The maximum atomic E-state index is 12.0. The normalized spacial score (nSPS) is 11.6. The molecule has 0 amide bonds. The Kier molecular flexibility index (Phi) is 15.7. The molecule has 7 aromatic carbocycles. The van der Waals surface area contributed by atoms with Crippen LogP contribution >= 0.6 is 0 Å². The van der Waals surface area contributed by atoms with Crippen LogP contribution in [0.5, 0.6) is 34.5 Å². The number of carbonyl (C=O) groups is 3. The average molecular weight is 955 g/mol. The molecule has 0 radical (unpaired) electrons. The standard InChI is InChI=1S/C61H62O10/c1-34-10-11-36(3)47(22-34)59(48-23-40(7)53(64)26-37(48)4)52-32-44(13-15-57(52)71-33-58(67)68)30-46-21-35(2)20-45(61(46)70-19-17-63)29-43-12-14-56(69-18-16-62)51(31-43)60(49-24-41(8)54(65)27-38(49)5)50-25-42(9)55(66)28-39(50)6/h10-17,20-28,31-32,59-60,64-66H,18-19,29-30,33H2,1-9H3,(H,67,68). The van der Waals surface area contributed by atoms with E-state index in [9.17, 15) is 34.8 Å². The van der Waals surface area contributed by atoms with Gasteiger partial charge >= 0.3 is 5.97 Å². The number of carboxylic acids is 1. The third-order valence-corrected chi connectivity index (χ3v) is 13.3. The first kappa shape index (κ1) is 51.0. The summed E-state index contributed by atoms with van der Waals surface area (Å²) >= 11 is 0. The molecule has 0 spiro atoms. The molecule has 0 aliphatic rings. The third-order valence-electron chi connectivity index (χ3n) is 13.3. The van der Waals surface area contributed by atoms with Gasteiger partial charge < -0.3 is 34.6 Å². The Morgan fingerprint density at radius 3 is 1.31 bits per heavy atom. The van der Waals surface area contributed by atoms with Crippen LogP contribution in [0, 0.1) is 62.3 Å². The Hall–Kier alpha value is -7.85. The Morgan fingerprint density at radius 2 is 0.873 bits per heavy atom. The number of ether oxygens (including phenoxy) is 3. The number of rotatable bonds is 19. The summed E-state index contributed by atoms with van der Waals surface area (Å²) in [7, 11) is 0. The van der Waals surface area contributed by atoms with E-state index in [4.69, 9.17) is 14.2 Å². The zero-order chi connectivity index (χ0) is 51.3. The van der Waals surface area contributed by atoms with Gasteiger partial charge in [0.1, 0.15) is 47.7 Å². The molecular weight excluding hydrogens is 893 g/mol. The highest BCUT2D eigenvalue weighted by Crippen LogP contribution is 2.45. The van der Waals surface area contributed by atoms with Crippen molar-refractivity contribution in [3.63, 3.8) is 0 Å². The van der Waals surface area contributed by atoms with Gasteiger partial charge in [0.05, 0.1) is 0 Å². The molecule has 1 atom stereocenters. The topological polar surface area (TPSA) is 160 Å². The van der Waals surface area contributed by atoms with Crippen molar-refractivity contribution in [2.45, 2.75) is 87.0 Å². The van der Waals surface area contributed by atoms with Crippen LogP contribution in [0.2, 0.25) is 0 Å². The predicted molar refractivity (Wildman–Crippen MR) is 276 cm³/mol. The molecule has 7 rings (SSSR count). The van der Waals surface area contributed by atoms with Crippen molar-refractivity contribution in [1.82, 2.24) is 0 Å². The molecule has 0 aliphatic carbocycles. The minimum atomic E-state index is -1.11. The average Bonchev–Trinajstić information content (AvgIpc) is 3.31. The number of aldehydes is 2. The molecule has 0 aromatic heterocycles. The van der Waals surface area contributed by atoms with Crippen LogP contribution in [0.3, 0.4) is 0 Å². The number of phenolic OH excluding ortho intramolecular Hbond substituents is 3. The monoisotopic (exact) mass is 954 g/mol. The first-order valence-corrected chi connectivity index (χ1v) is 23.7. The van der Waals surface area contributed by atoms with Crippen LogP contribution in [0.1, 0.15) is 118 Å². The smallest absolute Gasteiger partial charge is 0.341 e. The van der Waals surface area contributed by atoms with Gasteiger partial charge in [0.25, 0.3) is 0 Å². The predicted octanol–water partition coefficient (Wildman–Crippen LogP) is 11.7. The fourth-order valence-corrected chi connectivity index (χ4v) is 9.81.